The molecule has 1 unspecified atom stereocenters. The first kappa shape index (κ1) is 19.5. The molecule has 1 aliphatic heterocycles. The summed E-state index contributed by atoms with van der Waals surface area (Å²) in [6.45, 7) is 0. The lowest BCUT2D eigenvalue weighted by Gasteiger charge is -2.32. The predicted octanol–water partition coefficient (Wildman–Crippen LogP) is 4.29. The van der Waals surface area contributed by atoms with E-state index in [-0.39, 0.29) is 23.7 Å². The molecule has 31 heavy (non-hydrogen) atoms. The number of benzene rings is 2. The summed E-state index contributed by atoms with van der Waals surface area (Å²) in [7, 11) is 3.01. The fourth-order valence-corrected chi connectivity index (χ4v) is 4.94. The average Bonchev–Trinajstić information content (AvgIpc) is 3.52. The van der Waals surface area contributed by atoms with Gasteiger partial charge in [0.25, 0.3) is 5.91 Å². The number of hydrogen-bond donors (Lipinski definition) is 2. The van der Waals surface area contributed by atoms with Gasteiger partial charge in [0.2, 0.25) is 5.75 Å². The zero-order valence-electron chi connectivity index (χ0n) is 17.6. The predicted molar refractivity (Wildman–Crippen MR) is 116 cm³/mol. The first-order valence-corrected chi connectivity index (χ1v) is 10.5. The molecule has 2 aliphatic rings. The van der Waals surface area contributed by atoms with Gasteiger partial charge in [0.05, 0.1) is 26.0 Å². The van der Waals surface area contributed by atoms with Crippen LogP contribution < -0.4 is 9.47 Å². The van der Waals surface area contributed by atoms with Crippen molar-refractivity contribution in [3.8, 4) is 28.5 Å². The molecule has 1 aromatic heterocycles. The van der Waals surface area contributed by atoms with E-state index in [1.807, 2.05) is 35.2 Å². The molecule has 5 rings (SSSR count). The van der Waals surface area contributed by atoms with E-state index in [0.717, 1.165) is 48.1 Å². The number of methoxy groups -OCH3 is 2. The Morgan fingerprint density at radius 2 is 1.71 bits per heavy atom. The van der Waals surface area contributed by atoms with Crippen molar-refractivity contribution < 1.29 is 19.4 Å². The van der Waals surface area contributed by atoms with Crippen molar-refractivity contribution in [2.45, 2.75) is 37.8 Å². The number of nitrogens with one attached hydrogen (secondary N) is 1. The molecule has 3 aromatic rings. The molecular weight excluding hydrogens is 394 g/mol. The average molecular weight is 419 g/mol. The number of phenolic OH excluding ortho intramolecular Hbond substituents is 1. The highest BCUT2D eigenvalue weighted by Crippen LogP contribution is 2.49. The molecule has 2 N–H and O–H groups in total. The monoisotopic (exact) mass is 419 g/mol. The topological polar surface area (TPSA) is 87.7 Å². The first-order chi connectivity index (χ1) is 15.1. The SMILES string of the molecule is COc1cc(C2c3c(-c4ccccc4)n[nH]c3C(=O)N2C2CCCC2)cc(OC)c1O. The van der Waals surface area contributed by atoms with Crippen molar-refractivity contribution >= 4 is 5.91 Å². The maximum absolute atomic E-state index is 13.5. The van der Waals surface area contributed by atoms with Gasteiger partial charge in [-0.3, -0.25) is 9.89 Å². The molecule has 1 atom stereocenters. The Hall–Kier alpha value is -3.48. The number of amides is 1. The lowest BCUT2D eigenvalue weighted by molar-refractivity contribution is 0.0659. The van der Waals surface area contributed by atoms with Crippen LogP contribution in [0.5, 0.6) is 17.2 Å². The van der Waals surface area contributed by atoms with E-state index in [1.54, 1.807) is 12.1 Å². The van der Waals surface area contributed by atoms with E-state index < -0.39 is 0 Å². The summed E-state index contributed by atoms with van der Waals surface area (Å²) in [4.78, 5) is 15.5. The minimum absolute atomic E-state index is 0.0346. The molecule has 0 radical (unpaired) electrons. The molecule has 0 bridgehead atoms. The summed E-state index contributed by atoms with van der Waals surface area (Å²) in [6.07, 6.45) is 4.18. The van der Waals surface area contributed by atoms with Gasteiger partial charge in [-0.15, -0.1) is 0 Å². The van der Waals surface area contributed by atoms with Crippen LogP contribution in [0.15, 0.2) is 42.5 Å². The van der Waals surface area contributed by atoms with E-state index in [2.05, 4.69) is 10.2 Å². The number of phenols is 1. The van der Waals surface area contributed by atoms with Crippen molar-refractivity contribution in [2.24, 2.45) is 0 Å². The van der Waals surface area contributed by atoms with Gasteiger partial charge in [-0.2, -0.15) is 5.10 Å². The van der Waals surface area contributed by atoms with Crippen molar-refractivity contribution in [2.75, 3.05) is 14.2 Å². The Balaban J connectivity index is 1.72. The van der Waals surface area contributed by atoms with Gasteiger partial charge in [-0.05, 0) is 30.5 Å². The summed E-state index contributed by atoms with van der Waals surface area (Å²) in [5.41, 5.74) is 3.92. The molecule has 0 spiro atoms. The fourth-order valence-electron chi connectivity index (χ4n) is 4.94. The maximum atomic E-state index is 13.5. The molecule has 2 aromatic carbocycles. The third-order valence-corrected chi connectivity index (χ3v) is 6.39. The quantitative estimate of drug-likeness (QED) is 0.644. The molecule has 0 saturated heterocycles. The Labute approximate surface area is 180 Å². The second-order valence-electron chi connectivity index (χ2n) is 8.05. The minimum atomic E-state index is -0.344. The normalized spacial score (nSPS) is 18.5. The number of nitrogens with zero attached hydrogens (tertiary/aromatic N) is 2. The molecule has 1 saturated carbocycles. The summed E-state index contributed by atoms with van der Waals surface area (Å²) in [6, 6.07) is 13.3. The number of carbonyl (C=O) groups is 1. The number of fused-ring (bicyclic) bond motifs is 1. The molecule has 7 heteroatoms. The minimum Gasteiger partial charge on any atom is -0.502 e. The highest BCUT2D eigenvalue weighted by molar-refractivity contribution is 6.00. The van der Waals surface area contributed by atoms with E-state index in [1.165, 1.54) is 14.2 Å². The number of aromatic amines is 1. The van der Waals surface area contributed by atoms with Crippen LogP contribution in [0.3, 0.4) is 0 Å². The van der Waals surface area contributed by atoms with Gasteiger partial charge >= 0.3 is 0 Å². The maximum Gasteiger partial charge on any atom is 0.273 e. The lowest BCUT2D eigenvalue weighted by Crippen LogP contribution is -2.37. The van der Waals surface area contributed by atoms with E-state index >= 15 is 0 Å². The Kier molecular flexibility index (Phi) is 4.81. The fraction of sp³-hybridized carbons (Fsp3) is 0.333. The second-order valence-corrected chi connectivity index (χ2v) is 8.05. The number of ether oxygens (including phenoxy) is 2. The molecular formula is C24H25N3O4. The van der Waals surface area contributed by atoms with E-state index in [9.17, 15) is 9.90 Å². The smallest absolute Gasteiger partial charge is 0.273 e. The Morgan fingerprint density at radius 1 is 1.06 bits per heavy atom. The summed E-state index contributed by atoms with van der Waals surface area (Å²) < 4.78 is 10.8. The molecule has 1 aliphatic carbocycles. The van der Waals surface area contributed by atoms with Gasteiger partial charge in [0.15, 0.2) is 11.5 Å². The Morgan fingerprint density at radius 3 is 2.32 bits per heavy atom. The number of aromatic hydroxyl groups is 1. The van der Waals surface area contributed by atoms with Gasteiger partial charge in [0, 0.05) is 17.2 Å². The summed E-state index contributed by atoms with van der Waals surface area (Å²) in [5, 5.41) is 17.9. The standard InChI is InChI=1S/C24H25N3O4/c1-30-17-12-15(13-18(31-2)23(17)28)22-19-20(14-8-4-3-5-9-14)25-26-21(19)24(29)27(22)16-10-6-7-11-16/h3-5,8-9,12-13,16,22,28H,6-7,10-11H2,1-2H3,(H,25,26). The van der Waals surface area contributed by atoms with Crippen LogP contribution in [-0.2, 0) is 0 Å². The first-order valence-electron chi connectivity index (χ1n) is 10.5. The van der Waals surface area contributed by atoms with Crippen LogP contribution in [0.4, 0.5) is 0 Å². The van der Waals surface area contributed by atoms with Crippen LogP contribution in [-0.4, -0.2) is 46.4 Å². The third kappa shape index (κ3) is 3.03. The Bertz CT molecular complexity index is 1090. The number of rotatable bonds is 5. The highest BCUT2D eigenvalue weighted by Gasteiger charge is 2.46. The number of carbonyl (C=O) groups excluding carboxylic acids is 1. The van der Waals surface area contributed by atoms with Crippen LogP contribution in [0.25, 0.3) is 11.3 Å². The van der Waals surface area contributed by atoms with E-state index in [0.29, 0.717) is 17.2 Å². The van der Waals surface area contributed by atoms with Crippen molar-refractivity contribution in [1.29, 1.82) is 0 Å². The largest absolute Gasteiger partial charge is 0.502 e. The van der Waals surface area contributed by atoms with Crippen molar-refractivity contribution in [3.63, 3.8) is 0 Å². The van der Waals surface area contributed by atoms with Crippen LogP contribution in [0.1, 0.15) is 53.3 Å². The molecule has 2 heterocycles. The van der Waals surface area contributed by atoms with Crippen molar-refractivity contribution in [1.82, 2.24) is 15.1 Å². The number of hydrogen-bond acceptors (Lipinski definition) is 5. The van der Waals surface area contributed by atoms with Crippen LogP contribution >= 0.6 is 0 Å². The third-order valence-electron chi connectivity index (χ3n) is 6.39. The summed E-state index contributed by atoms with van der Waals surface area (Å²) >= 11 is 0. The van der Waals surface area contributed by atoms with E-state index in [4.69, 9.17) is 9.47 Å². The second kappa shape index (κ2) is 7.65. The van der Waals surface area contributed by atoms with Crippen LogP contribution in [0, 0.1) is 0 Å². The van der Waals surface area contributed by atoms with Crippen molar-refractivity contribution in [3.05, 3.63) is 59.3 Å². The highest BCUT2D eigenvalue weighted by atomic mass is 16.5. The molecule has 1 fully saturated rings. The zero-order valence-corrected chi connectivity index (χ0v) is 17.6. The molecule has 1 amide bonds. The number of H-pyrrole nitrogens is 1. The van der Waals surface area contributed by atoms with Crippen LogP contribution in [0.2, 0.25) is 0 Å². The lowest BCUT2D eigenvalue weighted by atomic mass is 9.94. The zero-order chi connectivity index (χ0) is 21.5. The summed E-state index contributed by atoms with van der Waals surface area (Å²) in [5.74, 6) is 0.534. The van der Waals surface area contributed by atoms with Gasteiger partial charge in [-0.1, -0.05) is 43.2 Å². The number of aromatic nitrogens is 2. The molecule has 7 nitrogen and oxygen atoms in total. The van der Waals surface area contributed by atoms with Gasteiger partial charge in [0.1, 0.15) is 5.69 Å². The van der Waals surface area contributed by atoms with Gasteiger partial charge in [-0.25, -0.2) is 0 Å². The molecule has 160 valence electrons. The van der Waals surface area contributed by atoms with Gasteiger partial charge < -0.3 is 19.5 Å².